The minimum atomic E-state index is -1.41. The summed E-state index contributed by atoms with van der Waals surface area (Å²) in [5.41, 5.74) is -1.11. The van der Waals surface area contributed by atoms with Crippen LogP contribution in [0, 0.1) is 17.5 Å². The number of cyclic esters (lactones) is 1. The van der Waals surface area contributed by atoms with Gasteiger partial charge in [-0.15, -0.1) is 5.10 Å². The summed E-state index contributed by atoms with van der Waals surface area (Å²) in [4.78, 5) is 14.1. The van der Waals surface area contributed by atoms with Crippen LogP contribution in [0.15, 0.2) is 30.7 Å². The van der Waals surface area contributed by atoms with Crippen LogP contribution in [-0.4, -0.2) is 51.5 Å². The summed E-state index contributed by atoms with van der Waals surface area (Å²) in [6, 6.07) is 0.770. The number of hydrogen-bond acceptors (Lipinski definition) is 6. The minimum absolute atomic E-state index is 0.0936. The molecule has 0 bridgehead atoms. The number of aliphatic hydroxyl groups excluding tert-OH is 1. The van der Waals surface area contributed by atoms with Crippen molar-refractivity contribution in [1.82, 2.24) is 15.0 Å². The molecule has 1 aromatic carbocycles. The first kappa shape index (κ1) is 18.3. The van der Waals surface area contributed by atoms with E-state index in [1.807, 2.05) is 0 Å². The number of halogens is 3. The number of aliphatic hydroxyl groups is 1. The highest BCUT2D eigenvalue weighted by molar-refractivity contribution is 5.90. The van der Waals surface area contributed by atoms with E-state index in [-0.39, 0.29) is 26.1 Å². The highest BCUT2D eigenvalue weighted by Crippen LogP contribution is 2.35. The van der Waals surface area contributed by atoms with Crippen molar-refractivity contribution in [3.05, 3.63) is 48.2 Å². The molecule has 2 unspecified atom stereocenters. The third-order valence-corrected chi connectivity index (χ3v) is 4.58. The van der Waals surface area contributed by atoms with Crippen molar-refractivity contribution in [2.75, 3.05) is 22.9 Å². The lowest BCUT2D eigenvalue weighted by Gasteiger charge is -2.27. The molecule has 2 aliphatic heterocycles. The molecule has 1 N–H and O–H groups in total. The second kappa shape index (κ2) is 7.15. The van der Waals surface area contributed by atoms with Crippen molar-refractivity contribution in [3.63, 3.8) is 0 Å². The van der Waals surface area contributed by atoms with Crippen molar-refractivity contribution in [3.8, 4) is 0 Å². The van der Waals surface area contributed by atoms with Gasteiger partial charge >= 0.3 is 6.09 Å². The van der Waals surface area contributed by atoms with Crippen LogP contribution in [-0.2, 0) is 11.3 Å². The Bertz CT molecular complexity index is 921. The van der Waals surface area contributed by atoms with Crippen molar-refractivity contribution < 1.29 is 27.8 Å². The van der Waals surface area contributed by atoms with Gasteiger partial charge in [-0.2, -0.15) is 0 Å². The summed E-state index contributed by atoms with van der Waals surface area (Å²) >= 11 is 0. The van der Waals surface area contributed by atoms with E-state index < -0.39 is 47.1 Å². The maximum atomic E-state index is 14.7. The average molecular weight is 395 g/mol. The molecular formula is C17H16F3N5O3. The molecule has 1 amide bonds. The Balaban J connectivity index is 1.60. The lowest BCUT2D eigenvalue weighted by molar-refractivity contribution is 0.129. The number of carbonyl (C=O) groups excluding carboxylic acids is 1. The number of amides is 1. The molecule has 1 aromatic heterocycles. The van der Waals surface area contributed by atoms with Crippen molar-refractivity contribution in [2.45, 2.75) is 25.2 Å². The van der Waals surface area contributed by atoms with Crippen LogP contribution in [0.5, 0.6) is 0 Å². The largest absolute Gasteiger partial charge is 0.442 e. The summed E-state index contributed by atoms with van der Waals surface area (Å²) in [7, 11) is 0. The molecule has 4 rings (SSSR count). The molecule has 0 spiro atoms. The monoisotopic (exact) mass is 395 g/mol. The standard InChI is InChI=1S/C17H16F3N5O3/c18-12-7-13(14(19)15(20)16(12)23-4-1-10(26)2-5-23)25-9-11(28-17(25)27)8-24-6-3-21-22-24/h1,3-4,6-7,10-11,26H,2,5,8-9H2. The quantitative estimate of drug-likeness (QED) is 0.795. The summed E-state index contributed by atoms with van der Waals surface area (Å²) in [6.45, 7) is 0.202. The van der Waals surface area contributed by atoms with Crippen LogP contribution in [0.1, 0.15) is 6.42 Å². The Labute approximate surface area is 157 Å². The number of nitrogens with zero attached hydrogens (tertiary/aromatic N) is 5. The van der Waals surface area contributed by atoms with Crippen molar-refractivity contribution in [2.24, 2.45) is 0 Å². The Hall–Kier alpha value is -3.08. The van der Waals surface area contributed by atoms with Gasteiger partial charge in [-0.1, -0.05) is 5.21 Å². The van der Waals surface area contributed by atoms with E-state index in [4.69, 9.17) is 4.74 Å². The highest BCUT2D eigenvalue weighted by atomic mass is 19.2. The molecule has 0 aliphatic carbocycles. The topological polar surface area (TPSA) is 83.7 Å². The molecule has 8 nitrogen and oxygen atoms in total. The van der Waals surface area contributed by atoms with Gasteiger partial charge in [-0.3, -0.25) is 4.90 Å². The number of ether oxygens (including phenoxy) is 1. The lowest BCUT2D eigenvalue weighted by Crippen LogP contribution is -2.30. The summed E-state index contributed by atoms with van der Waals surface area (Å²) < 4.78 is 50.5. The Morgan fingerprint density at radius 2 is 2.11 bits per heavy atom. The molecule has 1 saturated heterocycles. The van der Waals surface area contributed by atoms with E-state index >= 15 is 0 Å². The third-order valence-electron chi connectivity index (χ3n) is 4.58. The van der Waals surface area contributed by atoms with Crippen molar-refractivity contribution in [1.29, 1.82) is 0 Å². The van der Waals surface area contributed by atoms with E-state index in [2.05, 4.69) is 10.3 Å². The lowest BCUT2D eigenvalue weighted by atomic mass is 10.1. The molecule has 1 fully saturated rings. The van der Waals surface area contributed by atoms with E-state index in [0.29, 0.717) is 0 Å². The number of anilines is 2. The Morgan fingerprint density at radius 3 is 2.79 bits per heavy atom. The maximum absolute atomic E-state index is 14.7. The fourth-order valence-corrected chi connectivity index (χ4v) is 3.22. The number of carbonyl (C=O) groups is 1. The molecule has 11 heteroatoms. The molecule has 28 heavy (non-hydrogen) atoms. The fourth-order valence-electron chi connectivity index (χ4n) is 3.22. The Morgan fingerprint density at radius 1 is 1.29 bits per heavy atom. The molecule has 0 saturated carbocycles. The van der Waals surface area contributed by atoms with Crippen molar-refractivity contribution >= 4 is 17.5 Å². The SMILES string of the molecule is O=C1OC(Cn2ccnn2)CN1c1cc(F)c(N2C=CC(O)CC2)c(F)c1F. The Kier molecular flexibility index (Phi) is 4.67. The van der Waals surface area contributed by atoms with Gasteiger partial charge < -0.3 is 14.7 Å². The normalized spacial score (nSPS) is 22.1. The third kappa shape index (κ3) is 3.28. The molecule has 2 aliphatic rings. The number of hydrogen-bond donors (Lipinski definition) is 1. The smallest absolute Gasteiger partial charge is 0.414 e. The zero-order chi connectivity index (χ0) is 19.8. The van der Waals surface area contributed by atoms with Crippen LogP contribution in [0.4, 0.5) is 29.3 Å². The average Bonchev–Trinajstić information content (AvgIpc) is 3.30. The van der Waals surface area contributed by atoms with Crippen LogP contribution >= 0.6 is 0 Å². The van der Waals surface area contributed by atoms with Crippen LogP contribution in [0.25, 0.3) is 0 Å². The molecule has 2 atom stereocenters. The van der Waals surface area contributed by atoms with E-state index in [1.54, 1.807) is 6.20 Å². The van der Waals surface area contributed by atoms with E-state index in [1.165, 1.54) is 28.1 Å². The van der Waals surface area contributed by atoms with Crippen LogP contribution in [0.3, 0.4) is 0 Å². The number of aromatic nitrogens is 3. The first-order valence-electron chi connectivity index (χ1n) is 8.57. The van der Waals surface area contributed by atoms with Crippen LogP contribution < -0.4 is 9.80 Å². The van der Waals surface area contributed by atoms with Gasteiger partial charge in [0.25, 0.3) is 0 Å². The van der Waals surface area contributed by atoms with Gasteiger partial charge in [0.1, 0.15) is 11.8 Å². The summed E-state index contributed by atoms with van der Waals surface area (Å²) in [6.07, 6.45) is 3.63. The number of rotatable bonds is 4. The van der Waals surface area contributed by atoms with Gasteiger partial charge in [0.2, 0.25) is 0 Å². The van der Waals surface area contributed by atoms with E-state index in [9.17, 15) is 23.1 Å². The van der Waals surface area contributed by atoms with Gasteiger partial charge in [0.05, 0.1) is 31.1 Å². The second-order valence-corrected chi connectivity index (χ2v) is 6.49. The number of benzene rings is 1. The zero-order valence-electron chi connectivity index (χ0n) is 14.5. The molecule has 0 radical (unpaired) electrons. The minimum Gasteiger partial charge on any atom is -0.442 e. The fraction of sp³-hybridized carbons (Fsp3) is 0.353. The van der Waals surface area contributed by atoms with Gasteiger partial charge in [-0.05, 0) is 12.5 Å². The van der Waals surface area contributed by atoms with Gasteiger partial charge in [0.15, 0.2) is 17.5 Å². The molecule has 3 heterocycles. The summed E-state index contributed by atoms with van der Waals surface area (Å²) in [5, 5.41) is 16.8. The van der Waals surface area contributed by atoms with Gasteiger partial charge in [-0.25, -0.2) is 22.6 Å². The molecular weight excluding hydrogens is 379 g/mol. The second-order valence-electron chi connectivity index (χ2n) is 6.49. The zero-order valence-corrected chi connectivity index (χ0v) is 14.5. The maximum Gasteiger partial charge on any atom is 0.414 e. The first-order valence-corrected chi connectivity index (χ1v) is 8.57. The molecule has 2 aromatic rings. The highest BCUT2D eigenvalue weighted by Gasteiger charge is 2.36. The predicted molar refractivity (Wildman–Crippen MR) is 91.1 cm³/mol. The van der Waals surface area contributed by atoms with E-state index in [0.717, 1.165) is 11.0 Å². The summed E-state index contributed by atoms with van der Waals surface area (Å²) in [5.74, 6) is -3.79. The predicted octanol–water partition coefficient (Wildman–Crippen LogP) is 1.81. The first-order chi connectivity index (χ1) is 13.4. The van der Waals surface area contributed by atoms with Gasteiger partial charge in [0, 0.05) is 25.0 Å². The molecule has 148 valence electrons. The van der Waals surface area contributed by atoms with Crippen LogP contribution in [0.2, 0.25) is 0 Å².